The van der Waals surface area contributed by atoms with E-state index in [2.05, 4.69) is 40.2 Å². The van der Waals surface area contributed by atoms with Crippen LogP contribution in [-0.2, 0) is 11.3 Å². The molecule has 0 aromatic heterocycles. The van der Waals surface area contributed by atoms with Crippen molar-refractivity contribution >= 4 is 27.7 Å². The molecule has 3 heteroatoms. The van der Waals surface area contributed by atoms with E-state index in [1.807, 2.05) is 11.8 Å². The van der Waals surface area contributed by atoms with Gasteiger partial charge in [0.1, 0.15) is 0 Å². The van der Waals surface area contributed by atoms with Crippen molar-refractivity contribution in [1.82, 2.24) is 0 Å². The first-order valence-electron chi connectivity index (χ1n) is 5.28. The summed E-state index contributed by atoms with van der Waals surface area (Å²) < 4.78 is 7.01. The van der Waals surface area contributed by atoms with Crippen LogP contribution in [0.1, 0.15) is 18.4 Å². The van der Waals surface area contributed by atoms with E-state index in [-0.39, 0.29) is 0 Å². The van der Waals surface area contributed by atoms with Crippen LogP contribution in [-0.4, -0.2) is 17.6 Å². The number of ether oxygens (including phenoxy) is 1. The first-order chi connectivity index (χ1) is 7.34. The van der Waals surface area contributed by atoms with Crippen LogP contribution in [0.25, 0.3) is 0 Å². The van der Waals surface area contributed by atoms with Crippen molar-refractivity contribution in [2.24, 2.45) is 0 Å². The fourth-order valence-corrected chi connectivity index (χ4v) is 2.96. The topological polar surface area (TPSA) is 9.23 Å². The Morgan fingerprint density at radius 1 is 1.20 bits per heavy atom. The zero-order valence-electron chi connectivity index (χ0n) is 8.62. The van der Waals surface area contributed by atoms with Crippen molar-refractivity contribution in [2.45, 2.75) is 25.6 Å². The van der Waals surface area contributed by atoms with E-state index in [1.54, 1.807) is 0 Å². The summed E-state index contributed by atoms with van der Waals surface area (Å²) in [4.78, 5) is 0. The van der Waals surface area contributed by atoms with Gasteiger partial charge in [0.25, 0.3) is 0 Å². The first-order valence-corrected chi connectivity index (χ1v) is 7.23. The molecular weight excluding hydrogens is 272 g/mol. The number of benzene rings is 1. The molecule has 1 aliphatic heterocycles. The minimum absolute atomic E-state index is 0.481. The molecule has 1 aromatic rings. The van der Waals surface area contributed by atoms with Crippen molar-refractivity contribution < 1.29 is 4.74 Å². The third-order valence-electron chi connectivity index (χ3n) is 2.57. The van der Waals surface area contributed by atoms with Crippen LogP contribution in [0.15, 0.2) is 28.7 Å². The number of hydrogen-bond donors (Lipinski definition) is 0. The molecule has 0 spiro atoms. The van der Waals surface area contributed by atoms with Gasteiger partial charge in [0.15, 0.2) is 0 Å². The first kappa shape index (κ1) is 11.5. The van der Waals surface area contributed by atoms with Gasteiger partial charge in [-0.1, -0.05) is 28.1 Å². The molecule has 2 rings (SSSR count). The summed E-state index contributed by atoms with van der Waals surface area (Å²) in [5.41, 5.74) is 1.26. The van der Waals surface area contributed by atoms with Gasteiger partial charge in [-0.3, -0.25) is 0 Å². The number of halogens is 1. The van der Waals surface area contributed by atoms with Crippen molar-refractivity contribution in [2.75, 3.05) is 11.5 Å². The second kappa shape index (κ2) is 5.92. The Morgan fingerprint density at radius 3 is 2.53 bits per heavy atom. The SMILES string of the molecule is Brc1ccc(COC2CCSCC2)cc1. The normalized spacial score (nSPS) is 17.9. The molecule has 0 bridgehead atoms. The predicted molar refractivity (Wildman–Crippen MR) is 69.3 cm³/mol. The summed E-state index contributed by atoms with van der Waals surface area (Å²) in [6, 6.07) is 8.36. The molecule has 1 nitrogen and oxygen atoms in total. The lowest BCUT2D eigenvalue weighted by molar-refractivity contribution is 0.0356. The Labute approximate surface area is 104 Å². The third-order valence-corrected chi connectivity index (χ3v) is 4.14. The van der Waals surface area contributed by atoms with Gasteiger partial charge >= 0.3 is 0 Å². The lowest BCUT2D eigenvalue weighted by atomic mass is 10.2. The summed E-state index contributed by atoms with van der Waals surface area (Å²) in [6.07, 6.45) is 2.90. The molecule has 0 amide bonds. The van der Waals surface area contributed by atoms with Crippen molar-refractivity contribution in [3.05, 3.63) is 34.3 Å². The maximum absolute atomic E-state index is 5.88. The Balaban J connectivity index is 1.79. The predicted octanol–water partition coefficient (Wildman–Crippen LogP) is 3.86. The van der Waals surface area contributed by atoms with Gasteiger partial charge in [0.2, 0.25) is 0 Å². The summed E-state index contributed by atoms with van der Waals surface area (Å²) in [6.45, 7) is 0.753. The molecule has 0 atom stereocenters. The minimum Gasteiger partial charge on any atom is -0.373 e. The van der Waals surface area contributed by atoms with Gasteiger partial charge in [0.05, 0.1) is 12.7 Å². The summed E-state index contributed by atoms with van der Waals surface area (Å²) in [5, 5.41) is 0. The van der Waals surface area contributed by atoms with Crippen molar-refractivity contribution in [3.8, 4) is 0 Å². The zero-order valence-corrected chi connectivity index (χ0v) is 11.0. The van der Waals surface area contributed by atoms with Crippen LogP contribution >= 0.6 is 27.7 Å². The maximum atomic E-state index is 5.88. The van der Waals surface area contributed by atoms with Gasteiger partial charge in [-0.05, 0) is 42.0 Å². The second-order valence-electron chi connectivity index (χ2n) is 3.75. The van der Waals surface area contributed by atoms with Crippen LogP contribution in [0.2, 0.25) is 0 Å². The Bertz CT molecular complexity index is 293. The van der Waals surface area contributed by atoms with E-state index < -0.39 is 0 Å². The fraction of sp³-hybridized carbons (Fsp3) is 0.500. The highest BCUT2D eigenvalue weighted by molar-refractivity contribution is 9.10. The van der Waals surface area contributed by atoms with Crippen LogP contribution in [0.3, 0.4) is 0 Å². The molecule has 0 N–H and O–H groups in total. The molecule has 0 saturated carbocycles. The number of rotatable bonds is 3. The van der Waals surface area contributed by atoms with Crippen LogP contribution in [0, 0.1) is 0 Å². The molecule has 15 heavy (non-hydrogen) atoms. The Morgan fingerprint density at radius 2 is 1.87 bits per heavy atom. The molecule has 0 radical (unpaired) electrons. The highest BCUT2D eigenvalue weighted by Crippen LogP contribution is 2.21. The number of thioether (sulfide) groups is 1. The largest absolute Gasteiger partial charge is 0.373 e. The molecule has 1 fully saturated rings. The van der Waals surface area contributed by atoms with E-state index in [4.69, 9.17) is 4.74 Å². The van der Waals surface area contributed by atoms with E-state index in [1.165, 1.54) is 29.9 Å². The average molecular weight is 287 g/mol. The van der Waals surface area contributed by atoms with Gasteiger partial charge in [-0.15, -0.1) is 0 Å². The quantitative estimate of drug-likeness (QED) is 0.835. The van der Waals surface area contributed by atoms with E-state index in [0.29, 0.717) is 6.10 Å². The second-order valence-corrected chi connectivity index (χ2v) is 5.89. The Kier molecular flexibility index (Phi) is 4.54. The third kappa shape index (κ3) is 3.82. The molecule has 1 saturated heterocycles. The molecule has 1 aromatic carbocycles. The summed E-state index contributed by atoms with van der Waals surface area (Å²) >= 11 is 5.47. The minimum atomic E-state index is 0.481. The standard InChI is InChI=1S/C12H15BrOS/c13-11-3-1-10(2-4-11)9-14-12-5-7-15-8-6-12/h1-4,12H,5-9H2. The highest BCUT2D eigenvalue weighted by atomic mass is 79.9. The van der Waals surface area contributed by atoms with Crippen LogP contribution in [0.4, 0.5) is 0 Å². The van der Waals surface area contributed by atoms with Crippen molar-refractivity contribution in [1.29, 1.82) is 0 Å². The van der Waals surface area contributed by atoms with E-state index in [9.17, 15) is 0 Å². The van der Waals surface area contributed by atoms with E-state index >= 15 is 0 Å². The van der Waals surface area contributed by atoms with Gasteiger partial charge in [-0.2, -0.15) is 11.8 Å². The smallest absolute Gasteiger partial charge is 0.0720 e. The molecule has 0 unspecified atom stereocenters. The summed E-state index contributed by atoms with van der Waals surface area (Å²) in [5.74, 6) is 2.51. The van der Waals surface area contributed by atoms with Crippen molar-refractivity contribution in [3.63, 3.8) is 0 Å². The van der Waals surface area contributed by atoms with E-state index in [0.717, 1.165) is 11.1 Å². The molecule has 1 heterocycles. The molecule has 82 valence electrons. The fourth-order valence-electron chi connectivity index (χ4n) is 1.64. The molecule has 0 aliphatic carbocycles. The summed E-state index contributed by atoms with van der Waals surface area (Å²) in [7, 11) is 0. The highest BCUT2D eigenvalue weighted by Gasteiger charge is 2.13. The van der Waals surface area contributed by atoms with Gasteiger partial charge in [-0.25, -0.2) is 0 Å². The Hall–Kier alpha value is 0.01000. The van der Waals surface area contributed by atoms with Gasteiger partial charge < -0.3 is 4.74 Å². The number of hydrogen-bond acceptors (Lipinski definition) is 2. The molecular formula is C12H15BrOS. The average Bonchev–Trinajstić information content (AvgIpc) is 2.30. The van der Waals surface area contributed by atoms with Crippen LogP contribution in [0.5, 0.6) is 0 Å². The maximum Gasteiger partial charge on any atom is 0.0720 e. The lowest BCUT2D eigenvalue weighted by Gasteiger charge is -2.21. The van der Waals surface area contributed by atoms with Crippen LogP contribution < -0.4 is 0 Å². The zero-order chi connectivity index (χ0) is 10.5. The lowest BCUT2D eigenvalue weighted by Crippen LogP contribution is -2.18. The molecule has 1 aliphatic rings. The monoisotopic (exact) mass is 286 g/mol. The van der Waals surface area contributed by atoms with Gasteiger partial charge in [0, 0.05) is 4.47 Å².